The Bertz CT molecular complexity index is 969. The van der Waals surface area contributed by atoms with Gasteiger partial charge in [0.1, 0.15) is 5.82 Å². The van der Waals surface area contributed by atoms with Crippen molar-refractivity contribution in [2.75, 3.05) is 0 Å². The quantitative estimate of drug-likeness (QED) is 0.574. The van der Waals surface area contributed by atoms with Crippen LogP contribution in [0.25, 0.3) is 17.3 Å². The molecule has 0 amide bonds. The Balaban J connectivity index is 2.06. The van der Waals surface area contributed by atoms with Crippen molar-refractivity contribution >= 4 is 11.6 Å². The highest BCUT2D eigenvalue weighted by molar-refractivity contribution is 5.90. The van der Waals surface area contributed by atoms with Crippen LogP contribution >= 0.6 is 0 Å². The number of nitriles is 1. The summed E-state index contributed by atoms with van der Waals surface area (Å²) in [6, 6.07) is 18.7. The lowest BCUT2D eigenvalue weighted by atomic mass is 10.0. The van der Waals surface area contributed by atoms with Crippen molar-refractivity contribution in [1.29, 1.82) is 5.26 Å². The lowest BCUT2D eigenvalue weighted by Crippen LogP contribution is -1.99. The second kappa shape index (κ2) is 6.78. The zero-order chi connectivity index (χ0) is 18.0. The van der Waals surface area contributed by atoms with Gasteiger partial charge in [-0.3, -0.25) is 0 Å². The third-order valence-electron chi connectivity index (χ3n) is 4.34. The molecule has 0 aliphatic rings. The lowest BCUT2D eigenvalue weighted by Gasteiger charge is -2.09. The number of halogens is 1. The molecule has 0 fully saturated rings. The third kappa shape index (κ3) is 3.39. The summed E-state index contributed by atoms with van der Waals surface area (Å²) in [5, 5.41) is 9.56. The maximum Gasteiger partial charge on any atom is 0.123 e. The summed E-state index contributed by atoms with van der Waals surface area (Å²) >= 11 is 0. The van der Waals surface area contributed by atoms with Gasteiger partial charge in [-0.25, -0.2) is 4.39 Å². The Hall–Kier alpha value is -3.12. The van der Waals surface area contributed by atoms with Gasteiger partial charge >= 0.3 is 0 Å². The smallest absolute Gasteiger partial charge is 0.123 e. The highest BCUT2D eigenvalue weighted by Crippen LogP contribution is 2.25. The number of aryl methyl sites for hydroxylation is 2. The van der Waals surface area contributed by atoms with Crippen LogP contribution in [0.5, 0.6) is 0 Å². The molecule has 3 heteroatoms. The zero-order valence-corrected chi connectivity index (χ0v) is 14.5. The van der Waals surface area contributed by atoms with Gasteiger partial charge in [-0.1, -0.05) is 29.8 Å². The second-order valence-electron chi connectivity index (χ2n) is 6.17. The fourth-order valence-electron chi connectivity index (χ4n) is 2.99. The van der Waals surface area contributed by atoms with Gasteiger partial charge in [-0.05, 0) is 68.3 Å². The van der Waals surface area contributed by atoms with Gasteiger partial charge in [-0.15, -0.1) is 0 Å². The summed E-state index contributed by atoms with van der Waals surface area (Å²) in [6.45, 7) is 6.04. The molecule has 0 N–H and O–H groups in total. The standard InChI is InChI=1S/C22H19FN2/c1-15-4-6-18(7-5-15)20(14-24)13-19-12-16(2)25(17(19)3)22-10-8-21(23)9-11-22/h4-13H,1-3H3/b20-13-. The number of benzene rings is 2. The monoisotopic (exact) mass is 330 g/mol. The summed E-state index contributed by atoms with van der Waals surface area (Å²) in [6.07, 6.45) is 1.91. The molecule has 0 atom stereocenters. The molecule has 3 aromatic rings. The molecule has 124 valence electrons. The largest absolute Gasteiger partial charge is 0.318 e. The van der Waals surface area contributed by atoms with E-state index >= 15 is 0 Å². The van der Waals surface area contributed by atoms with Crippen molar-refractivity contribution in [1.82, 2.24) is 4.57 Å². The van der Waals surface area contributed by atoms with Gasteiger partial charge in [-0.2, -0.15) is 5.26 Å². The average Bonchev–Trinajstić information content (AvgIpc) is 2.88. The van der Waals surface area contributed by atoms with Crippen molar-refractivity contribution in [2.45, 2.75) is 20.8 Å². The van der Waals surface area contributed by atoms with Crippen molar-refractivity contribution in [3.63, 3.8) is 0 Å². The van der Waals surface area contributed by atoms with Gasteiger partial charge in [0.2, 0.25) is 0 Å². The highest BCUT2D eigenvalue weighted by Gasteiger charge is 2.11. The van der Waals surface area contributed by atoms with Crippen molar-refractivity contribution in [3.8, 4) is 11.8 Å². The van der Waals surface area contributed by atoms with E-state index in [1.807, 2.05) is 57.2 Å². The van der Waals surface area contributed by atoms with Crippen LogP contribution < -0.4 is 0 Å². The van der Waals surface area contributed by atoms with E-state index in [9.17, 15) is 9.65 Å². The number of allylic oxidation sites excluding steroid dienone is 1. The number of rotatable bonds is 3. The van der Waals surface area contributed by atoms with E-state index in [2.05, 4.69) is 10.6 Å². The zero-order valence-electron chi connectivity index (χ0n) is 14.5. The van der Waals surface area contributed by atoms with Crippen LogP contribution in [-0.4, -0.2) is 4.57 Å². The third-order valence-corrected chi connectivity index (χ3v) is 4.34. The van der Waals surface area contributed by atoms with Crippen molar-refractivity contribution in [3.05, 3.63) is 88.5 Å². The molecule has 0 saturated carbocycles. The number of hydrogen-bond donors (Lipinski definition) is 0. The van der Waals surface area contributed by atoms with Crippen LogP contribution in [0.4, 0.5) is 4.39 Å². The van der Waals surface area contributed by atoms with Crippen LogP contribution in [0.15, 0.2) is 54.6 Å². The molecule has 1 heterocycles. The molecule has 0 bridgehead atoms. The minimum atomic E-state index is -0.252. The summed E-state index contributed by atoms with van der Waals surface area (Å²) in [5.74, 6) is -0.252. The lowest BCUT2D eigenvalue weighted by molar-refractivity contribution is 0.627. The van der Waals surface area contributed by atoms with E-state index < -0.39 is 0 Å². The van der Waals surface area contributed by atoms with E-state index in [1.165, 1.54) is 12.1 Å². The van der Waals surface area contributed by atoms with E-state index in [1.54, 1.807) is 12.1 Å². The molecule has 0 aliphatic heterocycles. The maximum atomic E-state index is 13.2. The fraction of sp³-hybridized carbons (Fsp3) is 0.136. The minimum absolute atomic E-state index is 0.252. The van der Waals surface area contributed by atoms with E-state index in [4.69, 9.17) is 0 Å². The topological polar surface area (TPSA) is 28.7 Å². The molecule has 0 aliphatic carbocycles. The summed E-state index contributed by atoms with van der Waals surface area (Å²) < 4.78 is 15.3. The van der Waals surface area contributed by atoms with Crippen LogP contribution in [-0.2, 0) is 0 Å². The maximum absolute atomic E-state index is 13.2. The van der Waals surface area contributed by atoms with Gasteiger partial charge in [0.25, 0.3) is 0 Å². The van der Waals surface area contributed by atoms with E-state index in [-0.39, 0.29) is 5.82 Å². The predicted octanol–water partition coefficient (Wildman–Crippen LogP) is 5.61. The first-order valence-electron chi connectivity index (χ1n) is 8.13. The Morgan fingerprint density at radius 3 is 2.24 bits per heavy atom. The Kier molecular flexibility index (Phi) is 4.54. The molecule has 1 aromatic heterocycles. The predicted molar refractivity (Wildman–Crippen MR) is 99.9 cm³/mol. The van der Waals surface area contributed by atoms with E-state index in [0.29, 0.717) is 5.57 Å². The molecule has 2 nitrogen and oxygen atoms in total. The normalized spacial score (nSPS) is 11.4. The molecule has 0 unspecified atom stereocenters. The van der Waals surface area contributed by atoms with Crippen LogP contribution in [0, 0.1) is 37.9 Å². The van der Waals surface area contributed by atoms with E-state index in [0.717, 1.165) is 33.8 Å². The van der Waals surface area contributed by atoms with Gasteiger partial charge in [0, 0.05) is 17.1 Å². The first-order chi connectivity index (χ1) is 12.0. The summed E-state index contributed by atoms with van der Waals surface area (Å²) in [5.41, 5.74) is 6.64. The average molecular weight is 330 g/mol. The second-order valence-corrected chi connectivity index (χ2v) is 6.17. The first kappa shape index (κ1) is 16.7. The SMILES string of the molecule is Cc1ccc(/C(C#N)=C\c2cc(C)n(-c3ccc(F)cc3)c2C)cc1. The minimum Gasteiger partial charge on any atom is -0.318 e. The molecule has 2 aromatic carbocycles. The molecule has 3 rings (SSSR count). The van der Waals surface area contributed by atoms with Gasteiger partial charge in [0.15, 0.2) is 0 Å². The van der Waals surface area contributed by atoms with Crippen molar-refractivity contribution in [2.24, 2.45) is 0 Å². The molecule has 25 heavy (non-hydrogen) atoms. The molecule has 0 radical (unpaired) electrons. The fourth-order valence-corrected chi connectivity index (χ4v) is 2.99. The van der Waals surface area contributed by atoms with Gasteiger partial charge < -0.3 is 4.57 Å². The summed E-state index contributed by atoms with van der Waals surface area (Å²) in [7, 11) is 0. The highest BCUT2D eigenvalue weighted by atomic mass is 19.1. The van der Waals surface area contributed by atoms with Crippen LogP contribution in [0.2, 0.25) is 0 Å². The number of nitrogens with zero attached hydrogens (tertiary/aromatic N) is 2. The number of hydrogen-bond acceptors (Lipinski definition) is 1. The molecular weight excluding hydrogens is 311 g/mol. The molecular formula is C22H19FN2. The van der Waals surface area contributed by atoms with Gasteiger partial charge in [0.05, 0.1) is 11.6 Å². The van der Waals surface area contributed by atoms with Crippen LogP contribution in [0.3, 0.4) is 0 Å². The Morgan fingerprint density at radius 1 is 1.00 bits per heavy atom. The van der Waals surface area contributed by atoms with Crippen LogP contribution in [0.1, 0.15) is 28.1 Å². The summed E-state index contributed by atoms with van der Waals surface area (Å²) in [4.78, 5) is 0. The molecule has 0 saturated heterocycles. The Morgan fingerprint density at radius 2 is 1.64 bits per heavy atom. The van der Waals surface area contributed by atoms with Crippen molar-refractivity contribution < 1.29 is 4.39 Å². The first-order valence-corrected chi connectivity index (χ1v) is 8.13. The Labute approximate surface area is 147 Å². The number of aromatic nitrogens is 1. The molecule has 0 spiro atoms.